The predicted octanol–water partition coefficient (Wildman–Crippen LogP) is 0.429. The summed E-state index contributed by atoms with van der Waals surface area (Å²) in [7, 11) is 1.82. The van der Waals surface area contributed by atoms with Gasteiger partial charge in [-0.25, -0.2) is 4.98 Å². The molecule has 0 radical (unpaired) electrons. The fourth-order valence-electron chi connectivity index (χ4n) is 1.76. The van der Waals surface area contributed by atoms with Crippen LogP contribution in [-0.2, 0) is 0 Å². The van der Waals surface area contributed by atoms with E-state index in [0.29, 0.717) is 6.54 Å². The standard InChI is InChI=1S/C12H15N5/c1-3-8(7-13)9-6-10-11(12(14-2)17-9)16-5-4-15-10/h3,6-7,13H,4-5H2,1-2H3,(H,14,17)/b8-3+,13-7?. The quantitative estimate of drug-likeness (QED) is 0.738. The van der Waals surface area contributed by atoms with Crippen molar-refractivity contribution in [3.63, 3.8) is 0 Å². The normalized spacial score (nSPS) is 14.4. The summed E-state index contributed by atoms with van der Waals surface area (Å²) in [6.07, 6.45) is 3.16. The van der Waals surface area contributed by atoms with E-state index in [1.54, 1.807) is 0 Å². The second kappa shape index (κ2) is 4.86. The monoisotopic (exact) mass is 229 g/mol. The minimum absolute atomic E-state index is 0.712. The molecule has 1 aromatic rings. The Morgan fingerprint density at radius 1 is 1.41 bits per heavy atom. The molecule has 1 aliphatic rings. The molecule has 88 valence electrons. The Bertz CT molecular complexity index is 586. The Morgan fingerprint density at radius 2 is 2.18 bits per heavy atom. The summed E-state index contributed by atoms with van der Waals surface area (Å²) in [5, 5.41) is 12.1. The highest BCUT2D eigenvalue weighted by molar-refractivity contribution is 6.07. The van der Waals surface area contributed by atoms with Crippen molar-refractivity contribution in [2.24, 2.45) is 9.98 Å². The van der Waals surface area contributed by atoms with Crippen LogP contribution >= 0.6 is 0 Å². The summed E-state index contributed by atoms with van der Waals surface area (Å²) in [6.45, 7) is 3.32. The second-order valence-corrected chi connectivity index (χ2v) is 3.63. The summed E-state index contributed by atoms with van der Waals surface area (Å²) in [4.78, 5) is 13.3. The van der Waals surface area contributed by atoms with Gasteiger partial charge in [-0.05, 0) is 13.0 Å². The molecule has 2 heterocycles. The fourth-order valence-corrected chi connectivity index (χ4v) is 1.76. The molecule has 2 N–H and O–H groups in total. The van der Waals surface area contributed by atoms with Crippen LogP contribution in [0.5, 0.6) is 0 Å². The Morgan fingerprint density at radius 3 is 2.82 bits per heavy atom. The number of pyridine rings is 1. The maximum Gasteiger partial charge on any atom is 0.154 e. The highest BCUT2D eigenvalue weighted by Crippen LogP contribution is 2.08. The number of nitrogens with zero attached hydrogens (tertiary/aromatic N) is 3. The summed E-state index contributed by atoms with van der Waals surface area (Å²) in [5.41, 5.74) is 1.54. The molecular formula is C12H15N5. The van der Waals surface area contributed by atoms with E-state index in [2.05, 4.69) is 20.3 Å². The minimum atomic E-state index is 0.712. The lowest BCUT2D eigenvalue weighted by molar-refractivity contribution is 0.857. The second-order valence-electron chi connectivity index (χ2n) is 3.63. The Kier molecular flexibility index (Phi) is 3.27. The molecular weight excluding hydrogens is 214 g/mol. The molecule has 0 aromatic carbocycles. The topological polar surface area (TPSA) is 73.5 Å². The lowest BCUT2D eigenvalue weighted by atomic mass is 10.1. The lowest BCUT2D eigenvalue weighted by Gasteiger charge is -2.08. The summed E-state index contributed by atoms with van der Waals surface area (Å²) in [5.74, 6) is 0.724. The molecule has 0 amide bonds. The Labute approximate surface area is 99.5 Å². The number of nitrogens with one attached hydrogen (secondary N) is 2. The van der Waals surface area contributed by atoms with Crippen molar-refractivity contribution < 1.29 is 0 Å². The van der Waals surface area contributed by atoms with Gasteiger partial charge in [0.05, 0.1) is 24.1 Å². The molecule has 1 aromatic heterocycles. The van der Waals surface area contributed by atoms with Crippen LogP contribution in [0.1, 0.15) is 12.6 Å². The van der Waals surface area contributed by atoms with Gasteiger partial charge in [0.25, 0.3) is 0 Å². The first-order valence-corrected chi connectivity index (χ1v) is 5.55. The van der Waals surface area contributed by atoms with E-state index in [9.17, 15) is 0 Å². The zero-order chi connectivity index (χ0) is 12.3. The van der Waals surface area contributed by atoms with Gasteiger partial charge in [0.2, 0.25) is 0 Å². The average molecular weight is 229 g/mol. The van der Waals surface area contributed by atoms with Crippen molar-refractivity contribution in [3.05, 3.63) is 28.6 Å². The molecule has 0 saturated carbocycles. The largest absolute Gasteiger partial charge is 0.371 e. The van der Waals surface area contributed by atoms with Gasteiger partial charge in [-0.15, -0.1) is 0 Å². The molecule has 0 spiro atoms. The van der Waals surface area contributed by atoms with Gasteiger partial charge in [-0.3, -0.25) is 9.98 Å². The highest BCUT2D eigenvalue weighted by Gasteiger charge is 2.08. The SMILES string of the molecule is C/C=C(\C=N)c1cc2c(c(NC)n1)=NCCN=2. The van der Waals surface area contributed by atoms with E-state index < -0.39 is 0 Å². The van der Waals surface area contributed by atoms with Crippen LogP contribution in [0.25, 0.3) is 5.57 Å². The maximum atomic E-state index is 7.36. The first kappa shape index (κ1) is 11.4. The number of allylic oxidation sites excluding steroid dienone is 2. The van der Waals surface area contributed by atoms with Gasteiger partial charge in [0.1, 0.15) is 5.36 Å². The molecule has 1 aliphatic heterocycles. The Hall–Kier alpha value is -2.04. The first-order chi connectivity index (χ1) is 8.30. The van der Waals surface area contributed by atoms with Crippen LogP contribution in [0.15, 0.2) is 22.1 Å². The third kappa shape index (κ3) is 2.08. The molecule has 5 heteroatoms. The third-order valence-electron chi connectivity index (χ3n) is 2.62. The summed E-state index contributed by atoms with van der Waals surface area (Å²) >= 11 is 0. The molecule has 17 heavy (non-hydrogen) atoms. The van der Waals surface area contributed by atoms with Crippen molar-refractivity contribution in [2.75, 3.05) is 25.5 Å². The van der Waals surface area contributed by atoms with Crippen LogP contribution in [0.4, 0.5) is 5.82 Å². The molecule has 5 nitrogen and oxygen atoms in total. The van der Waals surface area contributed by atoms with Crippen LogP contribution in [0.2, 0.25) is 0 Å². The number of hydrogen-bond donors (Lipinski definition) is 2. The zero-order valence-corrected chi connectivity index (χ0v) is 9.99. The summed E-state index contributed by atoms with van der Waals surface area (Å²) in [6, 6.07) is 1.89. The molecule has 0 bridgehead atoms. The first-order valence-electron chi connectivity index (χ1n) is 5.55. The molecule has 0 saturated heterocycles. The van der Waals surface area contributed by atoms with Gasteiger partial charge >= 0.3 is 0 Å². The minimum Gasteiger partial charge on any atom is -0.371 e. The number of aromatic nitrogens is 1. The van der Waals surface area contributed by atoms with Gasteiger partial charge in [-0.1, -0.05) is 6.08 Å². The van der Waals surface area contributed by atoms with E-state index in [-0.39, 0.29) is 0 Å². The van der Waals surface area contributed by atoms with E-state index >= 15 is 0 Å². The fraction of sp³-hybridized carbons (Fsp3) is 0.333. The van der Waals surface area contributed by atoms with Crippen LogP contribution in [0.3, 0.4) is 0 Å². The van der Waals surface area contributed by atoms with E-state index in [1.165, 1.54) is 6.21 Å². The van der Waals surface area contributed by atoms with E-state index in [1.807, 2.05) is 26.1 Å². The van der Waals surface area contributed by atoms with Crippen LogP contribution in [-0.4, -0.2) is 31.3 Å². The van der Waals surface area contributed by atoms with Gasteiger partial charge in [0, 0.05) is 18.8 Å². The van der Waals surface area contributed by atoms with Crippen molar-refractivity contribution >= 4 is 17.6 Å². The Balaban J connectivity index is 2.71. The van der Waals surface area contributed by atoms with Gasteiger partial charge in [-0.2, -0.15) is 0 Å². The number of fused-ring (bicyclic) bond motifs is 1. The highest BCUT2D eigenvalue weighted by atomic mass is 15.0. The third-order valence-corrected chi connectivity index (χ3v) is 2.62. The van der Waals surface area contributed by atoms with Gasteiger partial charge < -0.3 is 10.7 Å². The number of rotatable bonds is 3. The number of anilines is 1. The summed E-state index contributed by atoms with van der Waals surface area (Å²) < 4.78 is 0. The maximum absolute atomic E-state index is 7.36. The van der Waals surface area contributed by atoms with E-state index in [0.717, 1.165) is 34.3 Å². The molecule has 0 atom stereocenters. The molecule has 2 rings (SSSR count). The zero-order valence-electron chi connectivity index (χ0n) is 9.99. The smallest absolute Gasteiger partial charge is 0.154 e. The van der Waals surface area contributed by atoms with Crippen molar-refractivity contribution in [3.8, 4) is 0 Å². The predicted molar refractivity (Wildman–Crippen MR) is 68.3 cm³/mol. The van der Waals surface area contributed by atoms with Crippen molar-refractivity contribution in [1.29, 1.82) is 5.41 Å². The van der Waals surface area contributed by atoms with E-state index in [4.69, 9.17) is 5.41 Å². The van der Waals surface area contributed by atoms with Gasteiger partial charge in [0.15, 0.2) is 5.82 Å². The average Bonchev–Trinajstić information content (AvgIpc) is 2.39. The molecule has 0 fully saturated rings. The van der Waals surface area contributed by atoms with Crippen molar-refractivity contribution in [1.82, 2.24) is 4.98 Å². The molecule has 0 unspecified atom stereocenters. The lowest BCUT2D eigenvalue weighted by Crippen LogP contribution is -2.34. The number of hydrogen-bond acceptors (Lipinski definition) is 5. The van der Waals surface area contributed by atoms with Crippen molar-refractivity contribution in [2.45, 2.75) is 6.92 Å². The van der Waals surface area contributed by atoms with Crippen LogP contribution < -0.4 is 16.0 Å². The molecule has 0 aliphatic carbocycles. The van der Waals surface area contributed by atoms with Crippen LogP contribution in [0, 0.1) is 5.41 Å².